The molecular formula is C13H14N4. The highest BCUT2D eigenvalue weighted by atomic mass is 14.9. The predicted molar refractivity (Wildman–Crippen MR) is 70.3 cm³/mol. The molecule has 4 nitrogen and oxygen atoms in total. The highest BCUT2D eigenvalue weighted by Crippen LogP contribution is 2.13. The van der Waals surface area contributed by atoms with Gasteiger partial charge < -0.3 is 0 Å². The maximum atomic E-state index is 4.52. The second kappa shape index (κ2) is 4.82. The predicted octanol–water partition coefficient (Wildman–Crippen LogP) is 2.42. The van der Waals surface area contributed by atoms with Gasteiger partial charge in [-0.1, -0.05) is 6.58 Å². The number of hydrogen-bond acceptors (Lipinski definition) is 4. The molecule has 4 heteroatoms. The lowest BCUT2D eigenvalue weighted by atomic mass is 10.2. The maximum absolute atomic E-state index is 4.52. The van der Waals surface area contributed by atoms with Crippen molar-refractivity contribution in [1.29, 1.82) is 0 Å². The minimum Gasteiger partial charge on any atom is -0.291 e. The molecule has 0 fully saturated rings. The Morgan fingerprint density at radius 2 is 2.06 bits per heavy atom. The molecule has 0 atom stereocenters. The monoisotopic (exact) mass is 226 g/mol. The van der Waals surface area contributed by atoms with E-state index in [2.05, 4.69) is 26.5 Å². The molecule has 2 aromatic rings. The lowest BCUT2D eigenvalue weighted by Gasteiger charge is -2.03. The number of fused-ring (bicyclic) bond motifs is 1. The van der Waals surface area contributed by atoms with Crippen molar-refractivity contribution in [3.63, 3.8) is 0 Å². The molecule has 0 aliphatic heterocycles. The zero-order valence-corrected chi connectivity index (χ0v) is 10.0. The van der Waals surface area contributed by atoms with Gasteiger partial charge in [-0.3, -0.25) is 9.98 Å². The molecule has 0 N–H and O–H groups in total. The number of nitrogens with zero attached hydrogens (tertiary/aromatic N) is 4. The van der Waals surface area contributed by atoms with Crippen LogP contribution in [0, 0.1) is 6.92 Å². The van der Waals surface area contributed by atoms with Crippen LogP contribution in [0.3, 0.4) is 0 Å². The van der Waals surface area contributed by atoms with Crippen molar-refractivity contribution in [2.24, 2.45) is 4.99 Å². The molecule has 0 spiro atoms. The summed E-state index contributed by atoms with van der Waals surface area (Å²) in [5.41, 5.74) is 4.02. The van der Waals surface area contributed by atoms with Gasteiger partial charge in [0.2, 0.25) is 0 Å². The summed E-state index contributed by atoms with van der Waals surface area (Å²) in [6, 6.07) is 1.92. The van der Waals surface area contributed by atoms with E-state index in [0.717, 1.165) is 34.7 Å². The van der Waals surface area contributed by atoms with Crippen molar-refractivity contribution in [1.82, 2.24) is 15.0 Å². The van der Waals surface area contributed by atoms with Crippen molar-refractivity contribution in [3.8, 4) is 0 Å². The molecule has 2 aromatic heterocycles. The summed E-state index contributed by atoms with van der Waals surface area (Å²) in [7, 11) is 0. The lowest BCUT2D eigenvalue weighted by Crippen LogP contribution is -1.99. The molecule has 0 aliphatic carbocycles. The summed E-state index contributed by atoms with van der Waals surface area (Å²) in [4.78, 5) is 17.4. The Morgan fingerprint density at radius 1 is 1.29 bits per heavy atom. The molecular weight excluding hydrogens is 212 g/mol. The quantitative estimate of drug-likeness (QED) is 0.755. The van der Waals surface area contributed by atoms with Gasteiger partial charge in [0.25, 0.3) is 0 Å². The van der Waals surface area contributed by atoms with Crippen molar-refractivity contribution in [2.45, 2.75) is 13.8 Å². The lowest BCUT2D eigenvalue weighted by molar-refractivity contribution is 1.13. The van der Waals surface area contributed by atoms with Crippen LogP contribution in [0.1, 0.15) is 24.0 Å². The minimum absolute atomic E-state index is 0.728. The first-order chi connectivity index (χ1) is 8.24. The Kier molecular flexibility index (Phi) is 3.23. The molecule has 17 heavy (non-hydrogen) atoms. The SMILES string of the molecule is C=Cc1nc2cnc(C)cc2nc1C=NCC. The highest BCUT2D eigenvalue weighted by molar-refractivity contribution is 5.86. The summed E-state index contributed by atoms with van der Waals surface area (Å²) < 4.78 is 0. The molecule has 0 aliphatic rings. The third kappa shape index (κ3) is 2.36. The molecule has 0 radical (unpaired) electrons. The summed E-state index contributed by atoms with van der Waals surface area (Å²) in [6.07, 6.45) is 5.15. The van der Waals surface area contributed by atoms with Gasteiger partial charge in [-0.25, -0.2) is 9.97 Å². The summed E-state index contributed by atoms with van der Waals surface area (Å²) in [6.45, 7) is 8.38. The van der Waals surface area contributed by atoms with Gasteiger partial charge >= 0.3 is 0 Å². The zero-order valence-electron chi connectivity index (χ0n) is 10.0. The number of rotatable bonds is 3. The first-order valence-corrected chi connectivity index (χ1v) is 5.51. The van der Waals surface area contributed by atoms with Crippen LogP contribution in [-0.4, -0.2) is 27.7 Å². The molecule has 0 saturated carbocycles. The van der Waals surface area contributed by atoms with E-state index in [0.29, 0.717) is 0 Å². The minimum atomic E-state index is 0.728. The van der Waals surface area contributed by atoms with Crippen LogP contribution in [0.15, 0.2) is 23.8 Å². The van der Waals surface area contributed by atoms with E-state index in [9.17, 15) is 0 Å². The van der Waals surface area contributed by atoms with Gasteiger partial charge in [0.1, 0.15) is 11.2 Å². The standard InChI is InChI=1S/C13H14N4/c1-4-10-12(7-14-5-2)17-11-6-9(3)15-8-13(11)16-10/h4,6-8H,1,5H2,2-3H3. The van der Waals surface area contributed by atoms with Gasteiger partial charge in [-0.15, -0.1) is 0 Å². The van der Waals surface area contributed by atoms with E-state index < -0.39 is 0 Å². The van der Waals surface area contributed by atoms with Gasteiger partial charge in [-0.2, -0.15) is 0 Å². The number of aryl methyl sites for hydroxylation is 1. The fourth-order valence-corrected chi connectivity index (χ4v) is 1.51. The average molecular weight is 226 g/mol. The van der Waals surface area contributed by atoms with Crippen LogP contribution in [0.2, 0.25) is 0 Å². The second-order valence-electron chi connectivity index (χ2n) is 3.64. The largest absolute Gasteiger partial charge is 0.291 e. The van der Waals surface area contributed by atoms with E-state index in [-0.39, 0.29) is 0 Å². The van der Waals surface area contributed by atoms with E-state index in [1.54, 1.807) is 18.5 Å². The van der Waals surface area contributed by atoms with Crippen molar-refractivity contribution >= 4 is 23.3 Å². The first-order valence-electron chi connectivity index (χ1n) is 5.51. The van der Waals surface area contributed by atoms with Crippen LogP contribution in [0.4, 0.5) is 0 Å². The molecule has 2 heterocycles. The Hall–Kier alpha value is -2.10. The molecule has 0 unspecified atom stereocenters. The van der Waals surface area contributed by atoms with Crippen LogP contribution in [0.25, 0.3) is 17.1 Å². The van der Waals surface area contributed by atoms with Gasteiger partial charge in [-0.05, 0) is 26.0 Å². The van der Waals surface area contributed by atoms with Gasteiger partial charge in [0, 0.05) is 18.5 Å². The van der Waals surface area contributed by atoms with Crippen LogP contribution in [-0.2, 0) is 0 Å². The summed E-state index contributed by atoms with van der Waals surface area (Å²) >= 11 is 0. The second-order valence-corrected chi connectivity index (χ2v) is 3.64. The Balaban J connectivity index is 2.65. The number of hydrogen-bond donors (Lipinski definition) is 0. The third-order valence-corrected chi connectivity index (χ3v) is 2.33. The van der Waals surface area contributed by atoms with Crippen molar-refractivity contribution in [2.75, 3.05) is 6.54 Å². The van der Waals surface area contributed by atoms with Crippen LogP contribution in [0.5, 0.6) is 0 Å². The normalized spacial score (nSPS) is 11.2. The Bertz CT molecular complexity index is 587. The molecule has 0 bridgehead atoms. The van der Waals surface area contributed by atoms with Crippen molar-refractivity contribution < 1.29 is 0 Å². The zero-order chi connectivity index (χ0) is 12.3. The number of pyridine rings is 1. The fourth-order valence-electron chi connectivity index (χ4n) is 1.51. The fraction of sp³-hybridized carbons (Fsp3) is 0.231. The van der Waals surface area contributed by atoms with E-state index >= 15 is 0 Å². The van der Waals surface area contributed by atoms with Crippen LogP contribution < -0.4 is 0 Å². The maximum Gasteiger partial charge on any atom is 0.108 e. The van der Waals surface area contributed by atoms with E-state index in [1.807, 2.05) is 19.9 Å². The third-order valence-electron chi connectivity index (χ3n) is 2.33. The molecule has 0 saturated heterocycles. The number of aromatic nitrogens is 3. The Labute approximate surface area is 100 Å². The van der Waals surface area contributed by atoms with Gasteiger partial charge in [0.05, 0.1) is 17.4 Å². The van der Waals surface area contributed by atoms with E-state index in [1.165, 1.54) is 0 Å². The first kappa shape index (κ1) is 11.4. The summed E-state index contributed by atoms with van der Waals surface area (Å²) in [5, 5.41) is 0. The topological polar surface area (TPSA) is 51.0 Å². The smallest absolute Gasteiger partial charge is 0.108 e. The molecule has 0 aromatic carbocycles. The highest BCUT2D eigenvalue weighted by Gasteiger charge is 2.04. The van der Waals surface area contributed by atoms with E-state index in [4.69, 9.17) is 0 Å². The Morgan fingerprint density at radius 3 is 2.76 bits per heavy atom. The van der Waals surface area contributed by atoms with Crippen molar-refractivity contribution in [3.05, 3.63) is 35.9 Å². The molecule has 86 valence electrons. The van der Waals surface area contributed by atoms with Crippen LogP contribution >= 0.6 is 0 Å². The molecule has 0 amide bonds. The summed E-state index contributed by atoms with van der Waals surface area (Å²) in [5.74, 6) is 0. The number of aliphatic imine (C=N–C) groups is 1. The molecule has 2 rings (SSSR count). The van der Waals surface area contributed by atoms with Gasteiger partial charge in [0.15, 0.2) is 0 Å². The average Bonchev–Trinajstić information content (AvgIpc) is 2.35.